The highest BCUT2D eigenvalue weighted by Crippen LogP contribution is 2.12. The monoisotopic (exact) mass is 311 g/mol. The van der Waals surface area contributed by atoms with Crippen molar-refractivity contribution in [1.29, 1.82) is 0 Å². The van der Waals surface area contributed by atoms with E-state index in [1.807, 2.05) is 6.08 Å². The molecule has 0 aromatic rings. The van der Waals surface area contributed by atoms with Crippen molar-refractivity contribution in [1.82, 2.24) is 0 Å². The quantitative estimate of drug-likeness (QED) is 0.282. The Balaban J connectivity index is 3.26. The van der Waals surface area contributed by atoms with Crippen molar-refractivity contribution in [3.63, 3.8) is 0 Å². The van der Waals surface area contributed by atoms with Gasteiger partial charge in [0, 0.05) is 6.04 Å². The number of unbranched alkanes of at least 4 members (excludes halogenated alkanes) is 11. The summed E-state index contributed by atoms with van der Waals surface area (Å²) in [6.07, 6.45) is 21.7. The van der Waals surface area contributed by atoms with Crippen LogP contribution in [0.5, 0.6) is 0 Å². The Morgan fingerprint density at radius 1 is 0.773 bits per heavy atom. The topological polar surface area (TPSA) is 46.2 Å². The first-order chi connectivity index (χ1) is 10.7. The third-order valence-corrected chi connectivity index (χ3v) is 4.37. The summed E-state index contributed by atoms with van der Waals surface area (Å²) in [6.45, 7) is 4.37. The fourth-order valence-corrected chi connectivity index (χ4v) is 2.81. The van der Waals surface area contributed by atoms with Crippen LogP contribution in [0.25, 0.3) is 0 Å². The number of allylic oxidation sites excluding steroid dienone is 1. The summed E-state index contributed by atoms with van der Waals surface area (Å²) in [5, 5.41) is 9.81. The molecule has 0 radical (unpaired) electrons. The molecular weight excluding hydrogens is 270 g/mol. The number of hydrogen-bond acceptors (Lipinski definition) is 2. The van der Waals surface area contributed by atoms with Gasteiger partial charge in [-0.15, -0.1) is 0 Å². The Labute approximate surface area is 139 Å². The summed E-state index contributed by atoms with van der Waals surface area (Å²) in [5.74, 6) is 0. The lowest BCUT2D eigenvalue weighted by Gasteiger charge is -2.14. The standard InChI is InChI=1S/C20H41NO/c1-3-5-6-7-8-9-10-11-12-13-14-15-16-18-20(22)19(21)17-4-2/h16,18-20,22H,3-15,17,21H2,1-2H3/b18-16+/t19-,20+/m0/s1. The second-order valence-electron chi connectivity index (χ2n) is 6.70. The lowest BCUT2D eigenvalue weighted by Crippen LogP contribution is -2.32. The molecule has 0 amide bonds. The van der Waals surface area contributed by atoms with Gasteiger partial charge < -0.3 is 10.8 Å². The predicted molar refractivity (Wildman–Crippen MR) is 99.1 cm³/mol. The predicted octanol–water partition coefficient (Wildman–Crippen LogP) is 5.73. The van der Waals surface area contributed by atoms with Gasteiger partial charge in [0.1, 0.15) is 0 Å². The van der Waals surface area contributed by atoms with E-state index in [4.69, 9.17) is 5.73 Å². The highest BCUT2D eigenvalue weighted by atomic mass is 16.3. The minimum atomic E-state index is -0.465. The third-order valence-electron chi connectivity index (χ3n) is 4.37. The maximum Gasteiger partial charge on any atom is 0.0871 e. The van der Waals surface area contributed by atoms with Crippen LogP contribution in [0.2, 0.25) is 0 Å². The van der Waals surface area contributed by atoms with Crippen molar-refractivity contribution >= 4 is 0 Å². The minimum Gasteiger partial charge on any atom is -0.387 e. The summed E-state index contributed by atoms with van der Waals surface area (Å²) in [4.78, 5) is 0. The van der Waals surface area contributed by atoms with E-state index in [1.165, 1.54) is 70.6 Å². The van der Waals surface area contributed by atoms with Crippen LogP contribution in [0.4, 0.5) is 0 Å². The first-order valence-electron chi connectivity index (χ1n) is 9.82. The lowest BCUT2D eigenvalue weighted by molar-refractivity contribution is 0.185. The van der Waals surface area contributed by atoms with Gasteiger partial charge in [-0.25, -0.2) is 0 Å². The van der Waals surface area contributed by atoms with Gasteiger partial charge in [0.05, 0.1) is 6.10 Å². The van der Waals surface area contributed by atoms with Crippen molar-refractivity contribution in [2.24, 2.45) is 5.73 Å². The van der Waals surface area contributed by atoms with Crippen LogP contribution < -0.4 is 5.73 Å². The van der Waals surface area contributed by atoms with Crippen LogP contribution in [-0.2, 0) is 0 Å². The molecule has 0 aliphatic heterocycles. The molecule has 0 rings (SSSR count). The number of hydrogen-bond donors (Lipinski definition) is 2. The number of rotatable bonds is 16. The summed E-state index contributed by atoms with van der Waals surface area (Å²) >= 11 is 0. The van der Waals surface area contributed by atoms with Gasteiger partial charge in [0.25, 0.3) is 0 Å². The second kappa shape index (κ2) is 17.0. The summed E-state index contributed by atoms with van der Waals surface area (Å²) in [7, 11) is 0. The molecule has 0 bridgehead atoms. The fraction of sp³-hybridized carbons (Fsp3) is 0.900. The smallest absolute Gasteiger partial charge is 0.0871 e. The lowest BCUT2D eigenvalue weighted by atomic mass is 10.0. The second-order valence-corrected chi connectivity index (χ2v) is 6.70. The molecule has 0 aromatic heterocycles. The molecule has 2 atom stereocenters. The average molecular weight is 312 g/mol. The molecule has 0 fully saturated rings. The zero-order valence-electron chi connectivity index (χ0n) is 15.2. The zero-order chi connectivity index (χ0) is 16.5. The highest BCUT2D eigenvalue weighted by molar-refractivity contribution is 4.93. The Morgan fingerprint density at radius 3 is 1.77 bits per heavy atom. The van der Waals surface area contributed by atoms with Crippen molar-refractivity contribution in [2.75, 3.05) is 0 Å². The van der Waals surface area contributed by atoms with E-state index in [2.05, 4.69) is 19.9 Å². The molecule has 22 heavy (non-hydrogen) atoms. The average Bonchev–Trinajstić information content (AvgIpc) is 2.51. The largest absolute Gasteiger partial charge is 0.387 e. The summed E-state index contributed by atoms with van der Waals surface area (Å²) < 4.78 is 0. The molecule has 0 aliphatic rings. The van der Waals surface area contributed by atoms with E-state index in [9.17, 15) is 5.11 Å². The van der Waals surface area contributed by atoms with Crippen LogP contribution in [0.1, 0.15) is 104 Å². The highest BCUT2D eigenvalue weighted by Gasteiger charge is 2.09. The Kier molecular flexibility index (Phi) is 16.8. The normalized spacial score (nSPS) is 14.5. The number of aliphatic hydroxyl groups is 1. The summed E-state index contributed by atoms with van der Waals surface area (Å²) in [6, 6.07) is -0.0985. The van der Waals surface area contributed by atoms with Crippen molar-refractivity contribution < 1.29 is 5.11 Å². The molecule has 2 nitrogen and oxygen atoms in total. The van der Waals surface area contributed by atoms with E-state index in [1.54, 1.807) is 0 Å². The van der Waals surface area contributed by atoms with Gasteiger partial charge in [-0.1, -0.05) is 96.6 Å². The van der Waals surface area contributed by atoms with Gasteiger partial charge in [0.15, 0.2) is 0 Å². The Hall–Kier alpha value is -0.340. The van der Waals surface area contributed by atoms with E-state index < -0.39 is 6.10 Å². The molecule has 0 saturated carbocycles. The van der Waals surface area contributed by atoms with Crippen LogP contribution in [0.3, 0.4) is 0 Å². The van der Waals surface area contributed by atoms with Gasteiger partial charge in [0.2, 0.25) is 0 Å². The molecule has 0 aromatic carbocycles. The van der Waals surface area contributed by atoms with Gasteiger partial charge >= 0.3 is 0 Å². The van der Waals surface area contributed by atoms with Crippen LogP contribution >= 0.6 is 0 Å². The zero-order valence-corrected chi connectivity index (χ0v) is 15.2. The molecule has 3 N–H and O–H groups in total. The SMILES string of the molecule is CCCCCCCCCCCCC/C=C/[C@@H](O)[C@@H](N)CCC. The van der Waals surface area contributed by atoms with Crippen LogP contribution in [0, 0.1) is 0 Å². The molecule has 0 spiro atoms. The summed E-state index contributed by atoms with van der Waals surface area (Å²) in [5.41, 5.74) is 5.87. The fourth-order valence-electron chi connectivity index (χ4n) is 2.81. The maximum absolute atomic E-state index is 9.81. The molecule has 0 heterocycles. The van der Waals surface area contributed by atoms with Gasteiger partial charge in [-0.2, -0.15) is 0 Å². The third kappa shape index (κ3) is 14.6. The molecule has 0 unspecified atom stereocenters. The Bertz CT molecular complexity index is 240. The van der Waals surface area contributed by atoms with Crippen LogP contribution in [0.15, 0.2) is 12.2 Å². The van der Waals surface area contributed by atoms with E-state index in [0.29, 0.717) is 0 Å². The van der Waals surface area contributed by atoms with Crippen molar-refractivity contribution in [3.8, 4) is 0 Å². The molecular formula is C20H41NO. The molecule has 0 aliphatic carbocycles. The van der Waals surface area contributed by atoms with E-state index >= 15 is 0 Å². The Morgan fingerprint density at radius 2 is 1.27 bits per heavy atom. The van der Waals surface area contributed by atoms with E-state index in [0.717, 1.165) is 19.3 Å². The first kappa shape index (κ1) is 21.7. The van der Waals surface area contributed by atoms with Gasteiger partial charge in [-0.05, 0) is 19.3 Å². The molecule has 0 saturated heterocycles. The minimum absolute atomic E-state index is 0.0985. The number of nitrogens with two attached hydrogens (primary N) is 1. The molecule has 2 heteroatoms. The van der Waals surface area contributed by atoms with E-state index in [-0.39, 0.29) is 6.04 Å². The number of aliphatic hydroxyl groups excluding tert-OH is 1. The first-order valence-corrected chi connectivity index (χ1v) is 9.82. The van der Waals surface area contributed by atoms with Gasteiger partial charge in [-0.3, -0.25) is 0 Å². The van der Waals surface area contributed by atoms with Crippen molar-refractivity contribution in [2.45, 2.75) is 116 Å². The van der Waals surface area contributed by atoms with Crippen molar-refractivity contribution in [3.05, 3.63) is 12.2 Å². The molecule has 132 valence electrons. The van der Waals surface area contributed by atoms with Crippen LogP contribution in [-0.4, -0.2) is 17.3 Å². The maximum atomic E-state index is 9.81.